The van der Waals surface area contributed by atoms with Crippen LogP contribution in [0.15, 0.2) is 0 Å². The van der Waals surface area contributed by atoms with E-state index in [0.717, 1.165) is 25.7 Å². The van der Waals surface area contributed by atoms with E-state index in [-0.39, 0.29) is 23.7 Å². The lowest BCUT2D eigenvalue weighted by molar-refractivity contribution is -0.157. The molecule has 0 saturated heterocycles. The van der Waals surface area contributed by atoms with Gasteiger partial charge in [-0.3, -0.25) is 8.98 Å². The summed E-state index contributed by atoms with van der Waals surface area (Å²) < 4.78 is 35.4. The number of ether oxygens (including phenoxy) is 1. The molecular weight excluding hydrogens is 316 g/mol. The molecule has 2 aliphatic rings. The number of fused-ring (bicyclic) bond motifs is 2. The molecule has 0 N–H and O–H groups in total. The molecule has 0 aromatic carbocycles. The van der Waals surface area contributed by atoms with E-state index in [2.05, 4.69) is 0 Å². The second kappa shape index (κ2) is 7.09. The van der Waals surface area contributed by atoms with Crippen LogP contribution in [0.25, 0.3) is 0 Å². The zero-order chi connectivity index (χ0) is 17.3. The van der Waals surface area contributed by atoms with Gasteiger partial charge in [0.1, 0.15) is 12.7 Å². The van der Waals surface area contributed by atoms with Crippen LogP contribution in [-0.4, -0.2) is 32.3 Å². The van der Waals surface area contributed by atoms with Crippen molar-refractivity contribution in [2.45, 2.75) is 77.6 Å². The highest BCUT2D eigenvalue weighted by molar-refractivity contribution is 7.87. The van der Waals surface area contributed by atoms with Crippen LogP contribution in [0.1, 0.15) is 66.2 Å². The van der Waals surface area contributed by atoms with Crippen LogP contribution in [-0.2, 0) is 23.8 Å². The Kier molecular flexibility index (Phi) is 5.77. The van der Waals surface area contributed by atoms with Crippen molar-refractivity contribution in [2.24, 2.45) is 17.3 Å². The normalized spacial score (nSPS) is 28.8. The molecular formula is C17H30O5S. The molecule has 5 nitrogen and oxygen atoms in total. The van der Waals surface area contributed by atoms with Crippen molar-refractivity contribution in [2.75, 3.05) is 6.61 Å². The van der Waals surface area contributed by atoms with Crippen LogP contribution < -0.4 is 0 Å². The van der Waals surface area contributed by atoms with Gasteiger partial charge in [0.05, 0.1) is 10.7 Å². The molecule has 2 rings (SSSR count). The average Bonchev–Trinajstić information content (AvgIpc) is 3.14. The lowest BCUT2D eigenvalue weighted by Crippen LogP contribution is -2.35. The summed E-state index contributed by atoms with van der Waals surface area (Å²) in [6.45, 7) is 7.39. The smallest absolute Gasteiger partial charge is 0.311 e. The fraction of sp³-hybridized carbons (Fsp3) is 0.941. The molecule has 0 spiro atoms. The Labute approximate surface area is 140 Å². The summed E-state index contributed by atoms with van der Waals surface area (Å²) in [7, 11) is -3.58. The van der Waals surface area contributed by atoms with Gasteiger partial charge in [0, 0.05) is 0 Å². The number of esters is 1. The molecule has 23 heavy (non-hydrogen) atoms. The van der Waals surface area contributed by atoms with E-state index in [4.69, 9.17) is 8.92 Å². The third kappa shape index (κ3) is 4.08. The molecule has 0 heterocycles. The number of hydrogen-bond donors (Lipinski definition) is 0. The van der Waals surface area contributed by atoms with E-state index >= 15 is 0 Å². The van der Waals surface area contributed by atoms with Gasteiger partial charge >= 0.3 is 5.97 Å². The maximum Gasteiger partial charge on any atom is 0.311 e. The average molecular weight is 346 g/mol. The van der Waals surface area contributed by atoms with Crippen LogP contribution in [0.5, 0.6) is 0 Å². The van der Waals surface area contributed by atoms with Crippen LogP contribution in [0.3, 0.4) is 0 Å². The minimum atomic E-state index is -3.58. The SMILES string of the molecule is CCC(C)(CC)C(=O)OCC(C)OS(=O)(=O)C1CC2CCC1C2. The topological polar surface area (TPSA) is 69.7 Å². The van der Waals surface area contributed by atoms with Crippen molar-refractivity contribution in [3.05, 3.63) is 0 Å². The van der Waals surface area contributed by atoms with E-state index < -0.39 is 21.6 Å². The Morgan fingerprint density at radius 1 is 1.22 bits per heavy atom. The molecule has 0 amide bonds. The third-order valence-corrected chi connectivity index (χ3v) is 7.76. The maximum atomic E-state index is 12.4. The quantitative estimate of drug-likeness (QED) is 0.498. The molecule has 0 aromatic rings. The van der Waals surface area contributed by atoms with E-state index in [1.54, 1.807) is 6.92 Å². The highest BCUT2D eigenvalue weighted by Gasteiger charge is 2.47. The number of hydrogen-bond acceptors (Lipinski definition) is 5. The van der Waals surface area contributed by atoms with Crippen molar-refractivity contribution >= 4 is 16.1 Å². The zero-order valence-corrected chi connectivity index (χ0v) is 15.5. The van der Waals surface area contributed by atoms with Gasteiger partial charge in [-0.05, 0) is 57.8 Å². The van der Waals surface area contributed by atoms with E-state index in [9.17, 15) is 13.2 Å². The van der Waals surface area contributed by atoms with Crippen molar-refractivity contribution in [3.8, 4) is 0 Å². The molecule has 2 saturated carbocycles. The van der Waals surface area contributed by atoms with Crippen LogP contribution in [0, 0.1) is 17.3 Å². The molecule has 134 valence electrons. The van der Waals surface area contributed by atoms with Crippen molar-refractivity contribution in [1.29, 1.82) is 0 Å². The Morgan fingerprint density at radius 2 is 1.87 bits per heavy atom. The standard InChI is InChI=1S/C17H30O5S/c1-5-17(4,6-2)16(18)21-11-12(3)22-23(19,20)15-10-13-7-8-14(15)9-13/h12-15H,5-11H2,1-4H3. The zero-order valence-electron chi connectivity index (χ0n) is 14.7. The summed E-state index contributed by atoms with van der Waals surface area (Å²) >= 11 is 0. The molecule has 0 aliphatic heterocycles. The molecule has 0 radical (unpaired) electrons. The van der Waals surface area contributed by atoms with Gasteiger partial charge in [-0.2, -0.15) is 8.42 Å². The molecule has 6 heteroatoms. The van der Waals surface area contributed by atoms with Gasteiger partial charge in [-0.25, -0.2) is 0 Å². The summed E-state index contributed by atoms with van der Waals surface area (Å²) in [6.07, 6.45) is 4.64. The lowest BCUT2D eigenvalue weighted by atomic mass is 9.85. The second-order valence-electron chi connectivity index (χ2n) is 7.48. The molecule has 4 atom stereocenters. The largest absolute Gasteiger partial charge is 0.462 e. The monoisotopic (exact) mass is 346 g/mol. The summed E-state index contributed by atoms with van der Waals surface area (Å²) in [6, 6.07) is 0. The fourth-order valence-corrected chi connectivity index (χ4v) is 5.66. The van der Waals surface area contributed by atoms with Gasteiger partial charge < -0.3 is 4.74 Å². The van der Waals surface area contributed by atoms with E-state index in [0.29, 0.717) is 18.8 Å². The third-order valence-electron chi connectivity index (χ3n) is 5.84. The van der Waals surface area contributed by atoms with Crippen molar-refractivity contribution in [1.82, 2.24) is 0 Å². The predicted molar refractivity (Wildman–Crippen MR) is 88.4 cm³/mol. The Bertz CT molecular complexity index is 523. The van der Waals surface area contributed by atoms with Gasteiger partial charge in [0.2, 0.25) is 0 Å². The number of rotatable bonds is 8. The van der Waals surface area contributed by atoms with Crippen LogP contribution in [0.2, 0.25) is 0 Å². The fourth-order valence-electron chi connectivity index (χ4n) is 3.77. The van der Waals surface area contributed by atoms with Crippen molar-refractivity contribution < 1.29 is 22.1 Å². The van der Waals surface area contributed by atoms with Crippen LogP contribution in [0.4, 0.5) is 0 Å². The predicted octanol–water partition coefficient (Wildman–Crippen LogP) is 3.28. The van der Waals surface area contributed by atoms with E-state index in [1.807, 2.05) is 20.8 Å². The summed E-state index contributed by atoms with van der Waals surface area (Å²) in [5.41, 5.74) is -0.511. The minimum absolute atomic E-state index is 0.0194. The first-order valence-corrected chi connectivity index (χ1v) is 10.3. The second-order valence-corrected chi connectivity index (χ2v) is 9.26. The molecule has 0 aromatic heterocycles. The van der Waals surface area contributed by atoms with Gasteiger partial charge in [0.15, 0.2) is 0 Å². The van der Waals surface area contributed by atoms with Gasteiger partial charge in [-0.15, -0.1) is 0 Å². The number of carbonyl (C=O) groups is 1. The highest BCUT2D eigenvalue weighted by atomic mass is 32.2. The first kappa shape index (κ1) is 18.7. The minimum Gasteiger partial charge on any atom is -0.462 e. The Balaban J connectivity index is 1.85. The van der Waals surface area contributed by atoms with E-state index in [1.165, 1.54) is 0 Å². The summed E-state index contributed by atoms with van der Waals surface area (Å²) in [5, 5.41) is -0.365. The highest BCUT2D eigenvalue weighted by Crippen LogP contribution is 2.47. The van der Waals surface area contributed by atoms with Crippen molar-refractivity contribution in [3.63, 3.8) is 0 Å². The Hall–Kier alpha value is -0.620. The lowest BCUT2D eigenvalue weighted by Gasteiger charge is -2.26. The van der Waals surface area contributed by atoms with Crippen LogP contribution >= 0.6 is 0 Å². The first-order valence-electron chi connectivity index (χ1n) is 8.81. The van der Waals surface area contributed by atoms with Gasteiger partial charge in [0.25, 0.3) is 10.1 Å². The molecule has 2 aliphatic carbocycles. The summed E-state index contributed by atoms with van der Waals surface area (Å²) in [4.78, 5) is 12.1. The molecule has 4 unspecified atom stereocenters. The number of carbonyl (C=O) groups excluding carboxylic acids is 1. The molecule has 2 bridgehead atoms. The first-order chi connectivity index (χ1) is 10.7. The maximum absolute atomic E-state index is 12.4. The Morgan fingerprint density at radius 3 is 2.35 bits per heavy atom. The van der Waals surface area contributed by atoms with Gasteiger partial charge in [-0.1, -0.05) is 20.3 Å². The molecule has 2 fully saturated rings. The summed E-state index contributed by atoms with van der Waals surface area (Å²) in [5.74, 6) is 0.518.